The third-order valence-electron chi connectivity index (χ3n) is 5.14. The molecule has 1 N–H and O–H groups in total. The molecule has 0 aliphatic carbocycles. The Bertz CT molecular complexity index is 847. The van der Waals surface area contributed by atoms with E-state index in [4.69, 9.17) is 4.74 Å². The maximum absolute atomic E-state index is 6.29. The van der Waals surface area contributed by atoms with Gasteiger partial charge in [-0.1, -0.05) is 0 Å². The number of fused-ring (bicyclic) bond motifs is 3. The normalized spacial score (nSPS) is 20.1. The first kappa shape index (κ1) is 13.5. The van der Waals surface area contributed by atoms with E-state index in [0.717, 1.165) is 55.8 Å². The molecule has 23 heavy (non-hydrogen) atoms. The predicted octanol–water partition coefficient (Wildman–Crippen LogP) is 3.09. The van der Waals surface area contributed by atoms with E-state index in [2.05, 4.69) is 31.3 Å². The zero-order valence-electron chi connectivity index (χ0n) is 12.8. The molecule has 0 atom stereocenters. The van der Waals surface area contributed by atoms with Crippen molar-refractivity contribution in [3.63, 3.8) is 0 Å². The minimum absolute atomic E-state index is 0.0774. The summed E-state index contributed by atoms with van der Waals surface area (Å²) in [5.74, 6) is 1.01. The summed E-state index contributed by atoms with van der Waals surface area (Å²) in [7, 11) is 0. The molecule has 6 heteroatoms. The van der Waals surface area contributed by atoms with Crippen LogP contribution in [0.3, 0.4) is 0 Å². The smallest absolute Gasteiger partial charge is 0.156 e. The molecule has 0 amide bonds. The monoisotopic (exact) mass is 326 g/mol. The van der Waals surface area contributed by atoms with Gasteiger partial charge in [-0.3, -0.25) is 0 Å². The summed E-state index contributed by atoms with van der Waals surface area (Å²) < 4.78 is 6.29. The first-order valence-electron chi connectivity index (χ1n) is 8.10. The average molecular weight is 326 g/mol. The highest BCUT2D eigenvalue weighted by molar-refractivity contribution is 7.10. The van der Waals surface area contributed by atoms with Crippen LogP contribution in [0.4, 0.5) is 5.82 Å². The molecule has 0 aromatic carbocycles. The zero-order chi connectivity index (χ0) is 15.3. The van der Waals surface area contributed by atoms with Gasteiger partial charge in [-0.15, -0.1) is 11.3 Å². The molecule has 5 nitrogen and oxygen atoms in total. The number of nitrogens with zero attached hydrogens (tertiary/aromatic N) is 3. The maximum atomic E-state index is 6.29. The van der Waals surface area contributed by atoms with Crippen LogP contribution in [-0.2, 0) is 16.8 Å². The Morgan fingerprint density at radius 1 is 1.22 bits per heavy atom. The van der Waals surface area contributed by atoms with E-state index in [9.17, 15) is 0 Å². The summed E-state index contributed by atoms with van der Waals surface area (Å²) in [6, 6.07) is 4.26. The molecule has 1 spiro atoms. The van der Waals surface area contributed by atoms with E-state index in [1.165, 1.54) is 10.4 Å². The van der Waals surface area contributed by atoms with Gasteiger partial charge in [-0.05, 0) is 35.9 Å². The topological polar surface area (TPSA) is 54.0 Å². The number of anilines is 1. The molecule has 118 valence electrons. The summed E-state index contributed by atoms with van der Waals surface area (Å²) >= 11 is 1.87. The Kier molecular flexibility index (Phi) is 2.96. The quantitative estimate of drug-likeness (QED) is 0.747. The fraction of sp³-hybridized carbons (Fsp3) is 0.412. The molecule has 3 aromatic heterocycles. The van der Waals surface area contributed by atoms with Crippen LogP contribution in [0.15, 0.2) is 30.0 Å². The van der Waals surface area contributed by atoms with E-state index in [-0.39, 0.29) is 5.60 Å². The second kappa shape index (κ2) is 5.04. The van der Waals surface area contributed by atoms with Crippen molar-refractivity contribution >= 4 is 28.2 Å². The van der Waals surface area contributed by atoms with E-state index in [0.29, 0.717) is 0 Å². The fourth-order valence-electron chi connectivity index (χ4n) is 3.95. The van der Waals surface area contributed by atoms with Crippen LogP contribution < -0.4 is 4.90 Å². The van der Waals surface area contributed by atoms with Crippen LogP contribution in [0.5, 0.6) is 0 Å². The van der Waals surface area contributed by atoms with E-state index >= 15 is 0 Å². The third-order valence-corrected chi connectivity index (χ3v) is 6.12. The SMILES string of the molecule is c1nc(N2CCC3(CC2)OCCc2sccc23)c2[nH]ccc2n1. The Morgan fingerprint density at radius 3 is 3.04 bits per heavy atom. The lowest BCUT2D eigenvalue weighted by atomic mass is 9.82. The van der Waals surface area contributed by atoms with Gasteiger partial charge in [0.15, 0.2) is 5.82 Å². The average Bonchev–Trinajstić information content (AvgIpc) is 3.25. The summed E-state index contributed by atoms with van der Waals surface area (Å²) in [4.78, 5) is 16.0. The lowest BCUT2D eigenvalue weighted by molar-refractivity contribution is -0.0757. The molecule has 0 radical (unpaired) electrons. The summed E-state index contributed by atoms with van der Waals surface area (Å²) in [6.45, 7) is 2.77. The molecule has 1 saturated heterocycles. The number of nitrogens with one attached hydrogen (secondary N) is 1. The summed E-state index contributed by atoms with van der Waals surface area (Å²) in [6.07, 6.45) is 6.68. The number of ether oxygens (including phenoxy) is 1. The molecule has 3 aromatic rings. The molecule has 0 bridgehead atoms. The van der Waals surface area contributed by atoms with Gasteiger partial charge >= 0.3 is 0 Å². The molecular weight excluding hydrogens is 308 g/mol. The first-order valence-corrected chi connectivity index (χ1v) is 8.98. The highest BCUT2D eigenvalue weighted by atomic mass is 32.1. The summed E-state index contributed by atoms with van der Waals surface area (Å²) in [5.41, 5.74) is 3.36. The Balaban J connectivity index is 1.45. The largest absolute Gasteiger partial charge is 0.370 e. The van der Waals surface area contributed by atoms with Crippen molar-refractivity contribution in [2.24, 2.45) is 0 Å². The molecule has 0 saturated carbocycles. The van der Waals surface area contributed by atoms with Gasteiger partial charge < -0.3 is 14.6 Å². The highest BCUT2D eigenvalue weighted by Gasteiger charge is 2.41. The minimum Gasteiger partial charge on any atom is -0.370 e. The van der Waals surface area contributed by atoms with Crippen LogP contribution in [0, 0.1) is 0 Å². The number of aromatic nitrogens is 3. The first-order chi connectivity index (χ1) is 11.4. The molecular formula is C17H18N4OS. The second-order valence-electron chi connectivity index (χ2n) is 6.27. The maximum Gasteiger partial charge on any atom is 0.156 e. The van der Waals surface area contributed by atoms with Crippen molar-refractivity contribution in [2.45, 2.75) is 24.9 Å². The molecule has 5 heterocycles. The van der Waals surface area contributed by atoms with Crippen molar-refractivity contribution in [1.82, 2.24) is 15.0 Å². The Hall–Kier alpha value is -1.92. The van der Waals surface area contributed by atoms with Crippen LogP contribution in [0.25, 0.3) is 11.0 Å². The van der Waals surface area contributed by atoms with Gasteiger partial charge in [0.05, 0.1) is 17.7 Å². The van der Waals surface area contributed by atoms with E-state index in [1.807, 2.05) is 23.6 Å². The number of hydrogen-bond donors (Lipinski definition) is 1. The molecule has 5 rings (SSSR count). The zero-order valence-corrected chi connectivity index (χ0v) is 13.6. The van der Waals surface area contributed by atoms with Gasteiger partial charge in [0.25, 0.3) is 0 Å². The number of piperidine rings is 1. The number of H-pyrrole nitrogens is 1. The minimum atomic E-state index is -0.0774. The number of rotatable bonds is 1. The van der Waals surface area contributed by atoms with E-state index < -0.39 is 0 Å². The molecule has 0 unspecified atom stereocenters. The highest BCUT2D eigenvalue weighted by Crippen LogP contribution is 2.44. The second-order valence-corrected chi connectivity index (χ2v) is 7.27. The number of aromatic amines is 1. The standard InChI is InChI=1S/C17H18N4OS/c1-6-18-15-13(1)19-11-20-16(15)21-7-4-17(5-8-21)12-3-10-23-14(12)2-9-22-17/h1,3,6,10-11,18H,2,4-5,7-9H2. The third kappa shape index (κ3) is 2.01. The fourth-order valence-corrected chi connectivity index (χ4v) is 4.90. The van der Waals surface area contributed by atoms with Crippen LogP contribution >= 0.6 is 11.3 Å². The lowest BCUT2D eigenvalue weighted by Crippen LogP contribution is -2.46. The van der Waals surface area contributed by atoms with Gasteiger partial charge in [-0.25, -0.2) is 9.97 Å². The van der Waals surface area contributed by atoms with Crippen molar-refractivity contribution in [1.29, 1.82) is 0 Å². The van der Waals surface area contributed by atoms with Crippen LogP contribution in [-0.4, -0.2) is 34.6 Å². The Labute approximate surface area is 138 Å². The van der Waals surface area contributed by atoms with Crippen LogP contribution in [0.2, 0.25) is 0 Å². The van der Waals surface area contributed by atoms with Crippen molar-refractivity contribution < 1.29 is 4.74 Å². The predicted molar refractivity (Wildman–Crippen MR) is 91.0 cm³/mol. The van der Waals surface area contributed by atoms with Crippen LogP contribution in [0.1, 0.15) is 23.3 Å². The van der Waals surface area contributed by atoms with E-state index in [1.54, 1.807) is 6.33 Å². The summed E-state index contributed by atoms with van der Waals surface area (Å²) in [5, 5.41) is 2.21. The van der Waals surface area contributed by atoms with Crippen molar-refractivity contribution in [2.75, 3.05) is 24.6 Å². The van der Waals surface area contributed by atoms with Gasteiger partial charge in [0.1, 0.15) is 11.8 Å². The lowest BCUT2D eigenvalue weighted by Gasteiger charge is -2.44. The van der Waals surface area contributed by atoms with Gasteiger partial charge in [0, 0.05) is 30.6 Å². The molecule has 2 aliphatic heterocycles. The number of hydrogen-bond acceptors (Lipinski definition) is 5. The van der Waals surface area contributed by atoms with Gasteiger partial charge in [-0.2, -0.15) is 0 Å². The number of thiophene rings is 1. The molecule has 2 aliphatic rings. The molecule has 1 fully saturated rings. The Morgan fingerprint density at radius 2 is 2.13 bits per heavy atom. The van der Waals surface area contributed by atoms with Gasteiger partial charge in [0.2, 0.25) is 0 Å². The van der Waals surface area contributed by atoms with Crippen molar-refractivity contribution in [3.05, 3.63) is 40.5 Å². The van der Waals surface area contributed by atoms with Crippen molar-refractivity contribution in [3.8, 4) is 0 Å².